The molecule has 0 unspecified atom stereocenters. The number of ketones is 1. The van der Waals surface area contributed by atoms with E-state index in [1.54, 1.807) is 5.32 Å². The van der Waals surface area contributed by atoms with Gasteiger partial charge in [-0.3, -0.25) is 9.59 Å². The van der Waals surface area contributed by atoms with Crippen molar-refractivity contribution in [3.05, 3.63) is 0 Å². The van der Waals surface area contributed by atoms with Crippen molar-refractivity contribution < 1.29 is 22.8 Å². The summed E-state index contributed by atoms with van der Waals surface area (Å²) in [5.41, 5.74) is 0. The molecule has 1 N–H and O–H groups in total. The number of hydrogen-bond donors (Lipinski definition) is 1. The highest BCUT2D eigenvalue weighted by molar-refractivity contribution is 5.87. The molecule has 3 nitrogen and oxygen atoms in total. The number of nitrogens with one attached hydrogen (secondary N) is 1. The second-order valence-electron chi connectivity index (χ2n) is 1.42. The molecule has 0 fully saturated rings. The number of alkyl halides is 3. The highest BCUT2D eigenvalue weighted by Gasteiger charge is 2.37. The summed E-state index contributed by atoms with van der Waals surface area (Å²) in [6.07, 6.45) is -4.82. The van der Waals surface area contributed by atoms with Crippen LogP contribution in [-0.4, -0.2) is 24.9 Å². The fourth-order valence-corrected chi connectivity index (χ4v) is 0.235. The number of carbonyl (C=O) groups excluding carboxylic acids is 2. The molecule has 58 valence electrons. The first-order valence-electron chi connectivity index (χ1n) is 2.25. The summed E-state index contributed by atoms with van der Waals surface area (Å²) in [5, 5.41) is 1.60. The summed E-state index contributed by atoms with van der Waals surface area (Å²) in [6, 6.07) is 0. The zero-order valence-electron chi connectivity index (χ0n) is 4.73. The van der Waals surface area contributed by atoms with Gasteiger partial charge in [0.1, 0.15) is 0 Å². The highest BCUT2D eigenvalue weighted by atomic mass is 19.4. The third kappa shape index (κ3) is 3.06. The summed E-state index contributed by atoms with van der Waals surface area (Å²) in [5.74, 6) is -1.96. The molecule has 0 aliphatic rings. The molecule has 1 amide bonds. The molecular formula is C4H4F3NO2. The first-order chi connectivity index (χ1) is 4.48. The lowest BCUT2D eigenvalue weighted by molar-refractivity contribution is -0.170. The van der Waals surface area contributed by atoms with E-state index in [4.69, 9.17) is 0 Å². The van der Waals surface area contributed by atoms with Crippen LogP contribution in [0, 0.1) is 0 Å². The molecule has 6 heteroatoms. The lowest BCUT2D eigenvalue weighted by Gasteiger charge is -2.02. The number of hydrogen-bond acceptors (Lipinski definition) is 2. The predicted molar refractivity (Wildman–Crippen MR) is 25.1 cm³/mol. The summed E-state index contributed by atoms with van der Waals surface area (Å²) < 4.78 is 33.8. The van der Waals surface area contributed by atoms with Crippen LogP contribution < -0.4 is 5.32 Å². The molecule has 0 aromatic heterocycles. The van der Waals surface area contributed by atoms with Gasteiger partial charge < -0.3 is 5.32 Å². The molecule has 0 spiro atoms. The fourth-order valence-electron chi connectivity index (χ4n) is 0.235. The Kier molecular flexibility index (Phi) is 2.85. The Bertz CT molecular complexity index is 142. The van der Waals surface area contributed by atoms with Crippen LogP contribution in [-0.2, 0) is 9.59 Å². The summed E-state index contributed by atoms with van der Waals surface area (Å²) in [6.45, 7) is -0.993. The van der Waals surface area contributed by atoms with Crippen molar-refractivity contribution in [2.45, 2.75) is 6.18 Å². The molecule has 0 aliphatic carbocycles. The van der Waals surface area contributed by atoms with Crippen molar-refractivity contribution in [2.75, 3.05) is 6.54 Å². The first-order valence-corrected chi connectivity index (χ1v) is 2.25. The zero-order valence-corrected chi connectivity index (χ0v) is 4.73. The van der Waals surface area contributed by atoms with Crippen LogP contribution in [0.25, 0.3) is 0 Å². The second-order valence-corrected chi connectivity index (χ2v) is 1.42. The summed E-state index contributed by atoms with van der Waals surface area (Å²) in [7, 11) is 0. The molecule has 0 saturated heterocycles. The maximum atomic E-state index is 11.3. The number of rotatable bonds is 3. The molecule has 0 aromatic carbocycles. The molecule has 0 aliphatic heterocycles. The number of carbonyl (C=O) groups is 2. The van der Waals surface area contributed by atoms with E-state index in [1.807, 2.05) is 0 Å². The van der Waals surface area contributed by atoms with Crippen LogP contribution in [0.2, 0.25) is 0 Å². The molecule has 0 heterocycles. The van der Waals surface area contributed by atoms with Crippen molar-refractivity contribution in [3.8, 4) is 0 Å². The topological polar surface area (TPSA) is 46.2 Å². The third-order valence-electron chi connectivity index (χ3n) is 0.662. The number of halogens is 3. The van der Waals surface area contributed by atoms with Crippen LogP contribution >= 0.6 is 0 Å². The lowest BCUT2D eigenvalue weighted by atomic mass is 10.4. The van der Waals surface area contributed by atoms with Gasteiger partial charge in [-0.05, 0) is 0 Å². The van der Waals surface area contributed by atoms with Gasteiger partial charge in [-0.25, -0.2) is 0 Å². The van der Waals surface area contributed by atoms with Gasteiger partial charge in [0, 0.05) is 0 Å². The Balaban J connectivity index is 3.74. The Morgan fingerprint density at radius 1 is 1.50 bits per heavy atom. The Labute approximate surface area is 54.2 Å². The van der Waals surface area contributed by atoms with E-state index < -0.39 is 18.5 Å². The van der Waals surface area contributed by atoms with Crippen LogP contribution in [0.1, 0.15) is 0 Å². The largest absolute Gasteiger partial charge is 0.451 e. The summed E-state index contributed by atoms with van der Waals surface area (Å²) in [4.78, 5) is 19.3. The quantitative estimate of drug-likeness (QED) is 0.576. The molecule has 0 atom stereocenters. The SMILES string of the molecule is O=CNCC(=O)C(F)(F)F. The molecule has 0 radical (unpaired) electrons. The smallest absolute Gasteiger partial charge is 0.351 e. The maximum absolute atomic E-state index is 11.3. The minimum Gasteiger partial charge on any atom is -0.351 e. The molecule has 10 heavy (non-hydrogen) atoms. The average molecular weight is 155 g/mol. The van der Waals surface area contributed by atoms with E-state index in [0.29, 0.717) is 0 Å². The van der Waals surface area contributed by atoms with Crippen molar-refractivity contribution in [1.29, 1.82) is 0 Å². The Morgan fingerprint density at radius 2 is 2.00 bits per heavy atom. The molecule has 0 bridgehead atoms. The van der Waals surface area contributed by atoms with E-state index in [0.717, 1.165) is 0 Å². The number of Topliss-reactive ketones (excluding diaryl/α,β-unsaturated/α-hetero) is 1. The average Bonchev–Trinajstić information content (AvgIpc) is 1.80. The standard InChI is InChI=1S/C4H4F3NO2/c5-4(6,7)3(10)1-8-2-9/h2H,1H2,(H,8,9). The van der Waals surface area contributed by atoms with Crippen molar-refractivity contribution in [3.63, 3.8) is 0 Å². The maximum Gasteiger partial charge on any atom is 0.451 e. The van der Waals surface area contributed by atoms with Gasteiger partial charge >= 0.3 is 6.18 Å². The normalized spacial score (nSPS) is 10.7. The van der Waals surface area contributed by atoms with Gasteiger partial charge in [0.25, 0.3) is 5.78 Å². The molecular weight excluding hydrogens is 151 g/mol. The number of amides is 1. The zero-order chi connectivity index (χ0) is 8.20. The molecule has 0 rings (SSSR count). The predicted octanol–water partition coefficient (Wildman–Crippen LogP) is -0.136. The monoisotopic (exact) mass is 155 g/mol. The van der Waals surface area contributed by atoms with Gasteiger partial charge in [-0.2, -0.15) is 13.2 Å². The van der Waals surface area contributed by atoms with Gasteiger partial charge in [0.15, 0.2) is 0 Å². The van der Waals surface area contributed by atoms with Crippen LogP contribution in [0.15, 0.2) is 0 Å². The van der Waals surface area contributed by atoms with Gasteiger partial charge in [0.2, 0.25) is 6.41 Å². The van der Waals surface area contributed by atoms with E-state index >= 15 is 0 Å². The molecule has 0 saturated carbocycles. The van der Waals surface area contributed by atoms with Gasteiger partial charge in [0.05, 0.1) is 6.54 Å². The minimum absolute atomic E-state index is 0.0314. The van der Waals surface area contributed by atoms with Crippen molar-refractivity contribution in [2.24, 2.45) is 0 Å². The second kappa shape index (κ2) is 3.19. The van der Waals surface area contributed by atoms with Crippen LogP contribution in [0.5, 0.6) is 0 Å². The summed E-state index contributed by atoms with van der Waals surface area (Å²) >= 11 is 0. The van der Waals surface area contributed by atoms with Crippen LogP contribution in [0.3, 0.4) is 0 Å². The van der Waals surface area contributed by atoms with Crippen molar-refractivity contribution >= 4 is 12.2 Å². The Morgan fingerprint density at radius 3 is 2.30 bits per heavy atom. The lowest BCUT2D eigenvalue weighted by Crippen LogP contribution is -2.32. The van der Waals surface area contributed by atoms with E-state index in [1.165, 1.54) is 0 Å². The van der Waals surface area contributed by atoms with E-state index in [2.05, 4.69) is 0 Å². The van der Waals surface area contributed by atoms with Gasteiger partial charge in [-0.1, -0.05) is 0 Å². The van der Waals surface area contributed by atoms with Gasteiger partial charge in [-0.15, -0.1) is 0 Å². The fraction of sp³-hybridized carbons (Fsp3) is 0.500. The highest BCUT2D eigenvalue weighted by Crippen LogP contribution is 2.14. The van der Waals surface area contributed by atoms with Crippen molar-refractivity contribution in [1.82, 2.24) is 5.32 Å². The third-order valence-corrected chi connectivity index (χ3v) is 0.662. The van der Waals surface area contributed by atoms with Crippen LogP contribution in [0.4, 0.5) is 13.2 Å². The van der Waals surface area contributed by atoms with E-state index in [-0.39, 0.29) is 6.41 Å². The molecule has 0 aromatic rings. The first kappa shape index (κ1) is 8.93. The Hall–Kier alpha value is -1.07. The van der Waals surface area contributed by atoms with E-state index in [9.17, 15) is 22.8 Å². The minimum atomic E-state index is -4.85.